The first-order valence-electron chi connectivity index (χ1n) is 6.41. The number of aromatic hydroxyl groups is 2. The average molecular weight is 297 g/mol. The molecular weight excluding hydrogens is 286 g/mol. The molecule has 0 unspecified atom stereocenters. The second kappa shape index (κ2) is 5.25. The van der Waals surface area contributed by atoms with E-state index in [9.17, 15) is 19.8 Å². The zero-order valence-electron chi connectivity index (χ0n) is 11.2. The van der Waals surface area contributed by atoms with Gasteiger partial charge in [-0.25, -0.2) is 4.79 Å². The third kappa shape index (κ3) is 2.37. The van der Waals surface area contributed by atoms with Gasteiger partial charge in [0.05, 0.1) is 5.69 Å². The highest BCUT2D eigenvalue weighted by molar-refractivity contribution is 6.06. The fourth-order valence-corrected chi connectivity index (χ4v) is 2.04. The van der Waals surface area contributed by atoms with Crippen molar-refractivity contribution in [1.29, 1.82) is 0 Å². The Labute approximate surface area is 124 Å². The van der Waals surface area contributed by atoms with Crippen LogP contribution in [0.1, 0.15) is 10.4 Å². The molecule has 0 bridgehead atoms. The highest BCUT2D eigenvalue weighted by Gasteiger charge is 2.16. The molecule has 1 aromatic heterocycles. The Kier molecular flexibility index (Phi) is 3.27. The lowest BCUT2D eigenvalue weighted by Crippen LogP contribution is -2.20. The monoisotopic (exact) mass is 297 g/mol. The fraction of sp³-hybridized carbons (Fsp3) is 0. The largest absolute Gasteiger partial charge is 0.504 e. The van der Waals surface area contributed by atoms with Crippen LogP contribution in [0.5, 0.6) is 11.5 Å². The summed E-state index contributed by atoms with van der Waals surface area (Å²) in [6.07, 6.45) is 0. The van der Waals surface area contributed by atoms with E-state index in [1.807, 2.05) is 0 Å². The van der Waals surface area contributed by atoms with Gasteiger partial charge in [-0.1, -0.05) is 24.3 Å². The predicted octanol–water partition coefficient (Wildman–Crippen LogP) is 2.46. The molecule has 3 N–H and O–H groups in total. The Hall–Kier alpha value is -3.28. The number of hydrogen-bond donors (Lipinski definition) is 3. The molecule has 6 heteroatoms. The van der Waals surface area contributed by atoms with E-state index in [1.165, 1.54) is 24.3 Å². The number of phenols is 2. The van der Waals surface area contributed by atoms with E-state index in [2.05, 4.69) is 5.32 Å². The maximum atomic E-state index is 12.2. The number of benzene rings is 2. The van der Waals surface area contributed by atoms with E-state index in [0.717, 1.165) is 0 Å². The molecule has 0 aliphatic rings. The number of anilines is 1. The Morgan fingerprint density at radius 1 is 1.05 bits per heavy atom. The van der Waals surface area contributed by atoms with Crippen molar-refractivity contribution in [3.8, 4) is 11.5 Å². The third-order valence-corrected chi connectivity index (χ3v) is 3.15. The molecule has 0 radical (unpaired) electrons. The summed E-state index contributed by atoms with van der Waals surface area (Å²) in [4.78, 5) is 24.1. The highest BCUT2D eigenvalue weighted by Crippen LogP contribution is 2.32. The van der Waals surface area contributed by atoms with Crippen LogP contribution in [0.4, 0.5) is 5.69 Å². The van der Waals surface area contributed by atoms with Gasteiger partial charge in [-0.15, -0.1) is 0 Å². The number of rotatable bonds is 2. The van der Waals surface area contributed by atoms with Crippen LogP contribution in [0, 0.1) is 0 Å². The molecule has 1 heterocycles. The summed E-state index contributed by atoms with van der Waals surface area (Å²) in [7, 11) is 0. The van der Waals surface area contributed by atoms with Crippen molar-refractivity contribution < 1.29 is 19.4 Å². The first kappa shape index (κ1) is 13.7. The van der Waals surface area contributed by atoms with Crippen molar-refractivity contribution in [3.05, 3.63) is 64.5 Å². The number of hydrogen-bond acceptors (Lipinski definition) is 5. The Morgan fingerprint density at radius 2 is 1.82 bits per heavy atom. The standard InChI is InChI=1S/C16H11NO5/c18-12-6-3-5-11(14(12)19)17-15(20)10-8-9-4-1-2-7-13(9)22-16(10)21/h1-8,18-19H,(H,17,20). The minimum atomic E-state index is -0.782. The van der Waals surface area contributed by atoms with Crippen LogP contribution in [0.3, 0.4) is 0 Å². The summed E-state index contributed by atoms with van der Waals surface area (Å²) < 4.78 is 5.08. The van der Waals surface area contributed by atoms with Gasteiger partial charge in [0.1, 0.15) is 11.1 Å². The molecule has 0 atom stereocenters. The molecule has 6 nitrogen and oxygen atoms in total. The van der Waals surface area contributed by atoms with E-state index in [4.69, 9.17) is 4.42 Å². The van der Waals surface area contributed by atoms with Crippen LogP contribution in [0.15, 0.2) is 57.7 Å². The fourth-order valence-electron chi connectivity index (χ4n) is 2.04. The molecule has 22 heavy (non-hydrogen) atoms. The SMILES string of the molecule is O=C(Nc1cccc(O)c1O)c1cc2ccccc2oc1=O. The van der Waals surface area contributed by atoms with Crippen LogP contribution < -0.4 is 10.9 Å². The Balaban J connectivity index is 2.00. The topological polar surface area (TPSA) is 99.8 Å². The molecule has 3 rings (SSSR count). The van der Waals surface area contributed by atoms with E-state index in [1.54, 1.807) is 24.3 Å². The summed E-state index contributed by atoms with van der Waals surface area (Å²) in [6, 6.07) is 12.3. The Bertz CT molecular complexity index is 929. The number of carbonyl (C=O) groups is 1. The minimum absolute atomic E-state index is 0.00226. The van der Waals surface area contributed by atoms with E-state index in [-0.39, 0.29) is 17.0 Å². The van der Waals surface area contributed by atoms with Crippen LogP contribution in [-0.2, 0) is 0 Å². The Morgan fingerprint density at radius 3 is 2.64 bits per heavy atom. The van der Waals surface area contributed by atoms with Crippen molar-refractivity contribution in [2.75, 3.05) is 5.32 Å². The number of phenolic OH excluding ortho intramolecular Hbond substituents is 2. The lowest BCUT2D eigenvalue weighted by atomic mass is 10.1. The van der Waals surface area contributed by atoms with E-state index in [0.29, 0.717) is 11.0 Å². The molecule has 0 saturated carbocycles. The molecule has 0 fully saturated rings. The van der Waals surface area contributed by atoms with Crippen molar-refractivity contribution in [2.45, 2.75) is 0 Å². The quantitative estimate of drug-likeness (QED) is 0.498. The predicted molar refractivity (Wildman–Crippen MR) is 80.2 cm³/mol. The third-order valence-electron chi connectivity index (χ3n) is 3.15. The first-order chi connectivity index (χ1) is 10.6. The second-order valence-corrected chi connectivity index (χ2v) is 4.61. The minimum Gasteiger partial charge on any atom is -0.504 e. The van der Waals surface area contributed by atoms with Crippen molar-refractivity contribution in [1.82, 2.24) is 0 Å². The summed E-state index contributed by atoms with van der Waals surface area (Å²) in [6.45, 7) is 0. The molecule has 110 valence electrons. The van der Waals surface area contributed by atoms with Crippen LogP contribution >= 0.6 is 0 Å². The average Bonchev–Trinajstić information content (AvgIpc) is 2.51. The number of amides is 1. The number of fused-ring (bicyclic) bond motifs is 1. The summed E-state index contributed by atoms with van der Waals surface area (Å²) in [5.74, 6) is -1.58. The normalized spacial score (nSPS) is 10.5. The second-order valence-electron chi connectivity index (χ2n) is 4.61. The smallest absolute Gasteiger partial charge is 0.349 e. The maximum Gasteiger partial charge on any atom is 0.349 e. The molecule has 2 aromatic carbocycles. The van der Waals surface area contributed by atoms with Gasteiger partial charge in [-0.3, -0.25) is 4.79 Å². The maximum absolute atomic E-state index is 12.2. The lowest BCUT2D eigenvalue weighted by molar-refractivity contribution is 0.102. The van der Waals surface area contributed by atoms with Gasteiger partial charge in [-0.2, -0.15) is 0 Å². The van der Waals surface area contributed by atoms with Gasteiger partial charge in [-0.05, 0) is 24.3 Å². The lowest BCUT2D eigenvalue weighted by Gasteiger charge is -2.08. The summed E-state index contributed by atoms with van der Waals surface area (Å²) >= 11 is 0. The summed E-state index contributed by atoms with van der Waals surface area (Å²) in [5, 5.41) is 22.0. The number of carbonyl (C=O) groups excluding carboxylic acids is 1. The van der Waals surface area contributed by atoms with Gasteiger partial charge in [0.25, 0.3) is 5.91 Å². The van der Waals surface area contributed by atoms with Crippen molar-refractivity contribution >= 4 is 22.6 Å². The molecule has 0 aliphatic heterocycles. The molecule has 0 saturated heterocycles. The molecule has 0 spiro atoms. The highest BCUT2D eigenvalue weighted by atomic mass is 16.4. The van der Waals surface area contributed by atoms with Crippen molar-refractivity contribution in [3.63, 3.8) is 0 Å². The van der Waals surface area contributed by atoms with Crippen molar-refractivity contribution in [2.24, 2.45) is 0 Å². The zero-order chi connectivity index (χ0) is 15.7. The first-order valence-corrected chi connectivity index (χ1v) is 6.41. The number of nitrogens with one attached hydrogen (secondary N) is 1. The van der Waals surface area contributed by atoms with E-state index < -0.39 is 17.3 Å². The van der Waals surface area contributed by atoms with Gasteiger partial charge < -0.3 is 19.9 Å². The van der Waals surface area contributed by atoms with Crippen LogP contribution in [-0.4, -0.2) is 16.1 Å². The zero-order valence-corrected chi connectivity index (χ0v) is 11.2. The van der Waals surface area contributed by atoms with Gasteiger partial charge in [0.2, 0.25) is 0 Å². The molecular formula is C16H11NO5. The van der Waals surface area contributed by atoms with Crippen LogP contribution in [0.2, 0.25) is 0 Å². The van der Waals surface area contributed by atoms with Gasteiger partial charge >= 0.3 is 5.63 Å². The number of para-hydroxylation sites is 2. The van der Waals surface area contributed by atoms with Gasteiger partial charge in [0, 0.05) is 5.39 Å². The summed E-state index contributed by atoms with van der Waals surface area (Å²) in [5.41, 5.74) is -0.598. The van der Waals surface area contributed by atoms with E-state index >= 15 is 0 Å². The van der Waals surface area contributed by atoms with Crippen LogP contribution in [0.25, 0.3) is 11.0 Å². The molecule has 3 aromatic rings. The van der Waals surface area contributed by atoms with Gasteiger partial charge in [0.15, 0.2) is 11.5 Å². The molecule has 1 amide bonds. The molecule has 0 aliphatic carbocycles.